The number of nitrogens with one attached hydrogen (secondary N) is 1. The molecule has 1 N–H and O–H groups in total. The van der Waals surface area contributed by atoms with Gasteiger partial charge in [-0.1, -0.05) is 0 Å². The number of benzene rings is 1. The van der Waals surface area contributed by atoms with E-state index in [1.807, 2.05) is 0 Å². The van der Waals surface area contributed by atoms with Gasteiger partial charge in [-0.2, -0.15) is 9.40 Å². The second-order valence-electron chi connectivity index (χ2n) is 6.13. The number of hydrogen-bond acceptors (Lipinski definition) is 5. The van der Waals surface area contributed by atoms with Crippen LogP contribution in [0.15, 0.2) is 30.3 Å². The van der Waals surface area contributed by atoms with Crippen molar-refractivity contribution >= 4 is 15.9 Å². The number of sulfonamides is 1. The van der Waals surface area contributed by atoms with Crippen LogP contribution in [0.1, 0.15) is 10.5 Å². The lowest BCUT2D eigenvalue weighted by Crippen LogP contribution is -2.43. The summed E-state index contributed by atoms with van der Waals surface area (Å²) in [5.74, 6) is -0.993. The van der Waals surface area contributed by atoms with E-state index < -0.39 is 15.9 Å². The van der Waals surface area contributed by atoms with Crippen LogP contribution in [0.25, 0.3) is 11.3 Å². The fourth-order valence-electron chi connectivity index (χ4n) is 2.81. The molecule has 1 aromatic heterocycles. The number of aryl methyl sites for hydroxylation is 1. The number of halogens is 1. The van der Waals surface area contributed by atoms with Crippen LogP contribution in [-0.4, -0.2) is 67.0 Å². The minimum atomic E-state index is -3.43. The summed E-state index contributed by atoms with van der Waals surface area (Å²) in [7, 11) is -1.75. The molecule has 2 heterocycles. The molecule has 2 aromatic rings. The highest BCUT2D eigenvalue weighted by Gasteiger charge is 2.24. The Labute approximate surface area is 157 Å². The highest BCUT2D eigenvalue weighted by molar-refractivity contribution is 7.89. The molecule has 3 rings (SSSR count). The molecule has 0 spiro atoms. The first-order valence-electron chi connectivity index (χ1n) is 8.50. The Morgan fingerprint density at radius 3 is 2.59 bits per heavy atom. The second-order valence-corrected chi connectivity index (χ2v) is 8.22. The Morgan fingerprint density at radius 2 is 1.93 bits per heavy atom. The molecule has 0 radical (unpaired) electrons. The standard InChI is InChI=1S/C17H21FN4O4S/c1-21-16(13-2-4-14(18)5-3-13)12-15(20-21)17(23)19-6-11-27(24,25)22-7-9-26-10-8-22/h2-5,12H,6-11H2,1H3,(H,19,23). The summed E-state index contributed by atoms with van der Waals surface area (Å²) in [4.78, 5) is 12.3. The van der Waals surface area contributed by atoms with Crippen molar-refractivity contribution in [3.05, 3.63) is 41.8 Å². The lowest BCUT2D eigenvalue weighted by atomic mass is 10.1. The van der Waals surface area contributed by atoms with Crippen molar-refractivity contribution in [1.29, 1.82) is 0 Å². The molecule has 0 unspecified atom stereocenters. The molecule has 1 amide bonds. The Morgan fingerprint density at radius 1 is 1.26 bits per heavy atom. The van der Waals surface area contributed by atoms with E-state index in [1.54, 1.807) is 25.2 Å². The topological polar surface area (TPSA) is 93.5 Å². The van der Waals surface area contributed by atoms with Crippen molar-refractivity contribution in [3.63, 3.8) is 0 Å². The zero-order chi connectivity index (χ0) is 19.4. The van der Waals surface area contributed by atoms with Crippen LogP contribution >= 0.6 is 0 Å². The Bertz CT molecular complexity index is 906. The van der Waals surface area contributed by atoms with Crippen LogP contribution in [0.2, 0.25) is 0 Å². The predicted octanol–water partition coefficient (Wildman–Crippen LogP) is 0.618. The number of ether oxygens (including phenoxy) is 1. The molecule has 8 nitrogen and oxygen atoms in total. The molecule has 146 valence electrons. The van der Waals surface area contributed by atoms with Gasteiger partial charge in [0.15, 0.2) is 5.69 Å². The van der Waals surface area contributed by atoms with E-state index in [9.17, 15) is 17.6 Å². The quantitative estimate of drug-likeness (QED) is 0.773. The van der Waals surface area contributed by atoms with Gasteiger partial charge in [0.2, 0.25) is 10.0 Å². The molecule has 1 aromatic carbocycles. The van der Waals surface area contributed by atoms with Gasteiger partial charge in [0.1, 0.15) is 5.82 Å². The van der Waals surface area contributed by atoms with Gasteiger partial charge in [0.25, 0.3) is 5.91 Å². The van der Waals surface area contributed by atoms with Crippen LogP contribution in [0.4, 0.5) is 4.39 Å². The van der Waals surface area contributed by atoms with Gasteiger partial charge in [0.05, 0.1) is 24.7 Å². The monoisotopic (exact) mass is 396 g/mol. The molecule has 0 bridgehead atoms. The summed E-state index contributed by atoms with van der Waals surface area (Å²) in [6.07, 6.45) is 0. The molecule has 0 atom stereocenters. The van der Waals surface area contributed by atoms with Gasteiger partial charge in [0, 0.05) is 26.7 Å². The van der Waals surface area contributed by atoms with E-state index in [0.717, 1.165) is 5.56 Å². The van der Waals surface area contributed by atoms with Crippen molar-refractivity contribution in [2.24, 2.45) is 7.05 Å². The van der Waals surface area contributed by atoms with E-state index in [-0.39, 0.29) is 23.8 Å². The van der Waals surface area contributed by atoms with Crippen molar-refractivity contribution in [2.75, 3.05) is 38.6 Å². The maximum atomic E-state index is 13.1. The van der Waals surface area contributed by atoms with E-state index >= 15 is 0 Å². The molecule has 1 saturated heterocycles. The Hall–Kier alpha value is -2.30. The molecule has 27 heavy (non-hydrogen) atoms. The van der Waals surface area contributed by atoms with Gasteiger partial charge in [-0.3, -0.25) is 9.48 Å². The van der Waals surface area contributed by atoms with Gasteiger partial charge in [-0.25, -0.2) is 12.8 Å². The van der Waals surface area contributed by atoms with Gasteiger partial charge < -0.3 is 10.1 Å². The summed E-state index contributed by atoms with van der Waals surface area (Å²) in [5, 5.41) is 6.73. The number of hydrogen-bond donors (Lipinski definition) is 1. The Balaban J connectivity index is 1.60. The van der Waals surface area contributed by atoms with Crippen molar-refractivity contribution in [2.45, 2.75) is 0 Å². The van der Waals surface area contributed by atoms with Gasteiger partial charge >= 0.3 is 0 Å². The molecule has 10 heteroatoms. The van der Waals surface area contributed by atoms with Crippen LogP contribution in [0.5, 0.6) is 0 Å². The molecule has 1 aliphatic rings. The number of nitrogens with zero attached hydrogens (tertiary/aromatic N) is 3. The van der Waals surface area contributed by atoms with Crippen molar-refractivity contribution in [1.82, 2.24) is 19.4 Å². The maximum absolute atomic E-state index is 13.1. The summed E-state index contributed by atoms with van der Waals surface area (Å²) in [6.45, 7) is 1.41. The van der Waals surface area contributed by atoms with E-state index in [0.29, 0.717) is 32.0 Å². The number of aromatic nitrogens is 2. The van der Waals surface area contributed by atoms with Crippen LogP contribution in [-0.2, 0) is 21.8 Å². The summed E-state index contributed by atoms with van der Waals surface area (Å²) in [5.41, 5.74) is 1.54. The fourth-order valence-corrected chi connectivity index (χ4v) is 4.13. The zero-order valence-corrected chi connectivity index (χ0v) is 15.7. The van der Waals surface area contributed by atoms with Gasteiger partial charge in [-0.05, 0) is 35.9 Å². The number of carbonyl (C=O) groups is 1. The number of amides is 1. The number of carbonyl (C=O) groups excluding carboxylic acids is 1. The number of morpholine rings is 1. The largest absolute Gasteiger partial charge is 0.379 e. The summed E-state index contributed by atoms with van der Waals surface area (Å²) in [6, 6.07) is 7.45. The first kappa shape index (κ1) is 19.5. The highest BCUT2D eigenvalue weighted by atomic mass is 32.2. The smallest absolute Gasteiger partial charge is 0.271 e. The molecule has 0 saturated carbocycles. The molecule has 1 fully saturated rings. The average molecular weight is 396 g/mol. The molecular weight excluding hydrogens is 375 g/mol. The third kappa shape index (κ3) is 4.71. The minimum absolute atomic E-state index is 0.0129. The SMILES string of the molecule is Cn1nc(C(=O)NCCS(=O)(=O)N2CCOCC2)cc1-c1ccc(F)cc1. The number of rotatable bonds is 6. The second kappa shape index (κ2) is 8.15. The normalized spacial score (nSPS) is 15.6. The summed E-state index contributed by atoms with van der Waals surface area (Å²) < 4.78 is 45.6. The lowest BCUT2D eigenvalue weighted by molar-refractivity contribution is 0.0730. The first-order chi connectivity index (χ1) is 12.9. The minimum Gasteiger partial charge on any atom is -0.379 e. The van der Waals surface area contributed by atoms with Crippen LogP contribution in [0, 0.1) is 5.82 Å². The third-order valence-electron chi connectivity index (χ3n) is 4.26. The van der Waals surface area contributed by atoms with E-state index in [2.05, 4.69) is 10.4 Å². The average Bonchev–Trinajstić information content (AvgIpc) is 3.05. The highest BCUT2D eigenvalue weighted by Crippen LogP contribution is 2.20. The van der Waals surface area contributed by atoms with Crippen molar-refractivity contribution in [3.8, 4) is 11.3 Å². The van der Waals surface area contributed by atoms with Crippen LogP contribution in [0.3, 0.4) is 0 Å². The van der Waals surface area contributed by atoms with Gasteiger partial charge in [-0.15, -0.1) is 0 Å². The molecular formula is C17H21FN4O4S. The van der Waals surface area contributed by atoms with E-state index in [4.69, 9.17) is 4.74 Å². The molecule has 1 aliphatic heterocycles. The van der Waals surface area contributed by atoms with Crippen molar-refractivity contribution < 1.29 is 22.3 Å². The first-order valence-corrected chi connectivity index (χ1v) is 10.1. The zero-order valence-electron chi connectivity index (χ0n) is 14.9. The lowest BCUT2D eigenvalue weighted by Gasteiger charge is -2.25. The Kier molecular flexibility index (Phi) is 5.88. The molecule has 0 aliphatic carbocycles. The van der Waals surface area contributed by atoms with Crippen LogP contribution < -0.4 is 5.32 Å². The maximum Gasteiger partial charge on any atom is 0.271 e. The summed E-state index contributed by atoms with van der Waals surface area (Å²) >= 11 is 0. The van der Waals surface area contributed by atoms with E-state index in [1.165, 1.54) is 21.1 Å². The third-order valence-corrected chi connectivity index (χ3v) is 6.13. The fraction of sp³-hybridized carbons (Fsp3) is 0.412. The predicted molar refractivity (Wildman–Crippen MR) is 97.1 cm³/mol.